The van der Waals surface area contributed by atoms with E-state index in [9.17, 15) is 4.79 Å². The molecule has 13 heteroatoms. The Hall–Kier alpha value is -2.89. The summed E-state index contributed by atoms with van der Waals surface area (Å²) in [6.45, 7) is 7.43. The van der Waals surface area contributed by atoms with Crippen LogP contribution in [0, 0.1) is 0 Å². The predicted molar refractivity (Wildman–Crippen MR) is 146 cm³/mol. The molecule has 0 aliphatic carbocycles. The zero-order valence-corrected chi connectivity index (χ0v) is 22.3. The fourth-order valence-electron chi connectivity index (χ4n) is 5.46. The Kier molecular flexibility index (Phi) is 7.55. The van der Waals surface area contributed by atoms with Crippen molar-refractivity contribution in [3.63, 3.8) is 0 Å². The summed E-state index contributed by atoms with van der Waals surface area (Å²) < 4.78 is 0. The topological polar surface area (TPSA) is 142 Å². The largest absolute Gasteiger partial charge is 0.383 e. The molecule has 37 heavy (non-hydrogen) atoms. The molecular formula is C24H32Cl2N10O. The molecule has 5 N–H and O–H groups in total. The van der Waals surface area contributed by atoms with Crippen LogP contribution < -0.4 is 21.7 Å². The number of amidine groups is 1. The minimum Gasteiger partial charge on any atom is -0.383 e. The number of aromatic nitrogens is 3. The van der Waals surface area contributed by atoms with E-state index in [1.807, 2.05) is 4.90 Å². The van der Waals surface area contributed by atoms with Gasteiger partial charge in [-0.1, -0.05) is 30.1 Å². The molecule has 0 aromatic carbocycles. The highest BCUT2D eigenvalue weighted by Crippen LogP contribution is 2.30. The quantitative estimate of drug-likeness (QED) is 0.479. The molecule has 2 saturated heterocycles. The van der Waals surface area contributed by atoms with Crippen molar-refractivity contribution in [3.05, 3.63) is 33.7 Å². The number of anilines is 3. The minimum atomic E-state index is -0.0926. The zero-order valence-electron chi connectivity index (χ0n) is 20.8. The predicted octanol–water partition coefficient (Wildman–Crippen LogP) is 1.90. The lowest BCUT2D eigenvalue weighted by atomic mass is 9.97. The molecule has 3 aliphatic heterocycles. The number of hydrogen-bond acceptors (Lipinski definition) is 10. The number of nitrogen functional groups attached to an aromatic ring is 2. The van der Waals surface area contributed by atoms with E-state index in [4.69, 9.17) is 34.7 Å². The third-order valence-corrected chi connectivity index (χ3v) is 7.87. The minimum absolute atomic E-state index is 0.0926. The number of piperazine rings is 1. The number of pyridine rings is 1. The normalized spacial score (nSPS) is 21.2. The fraction of sp³-hybridized carbons (Fsp3) is 0.542. The van der Waals surface area contributed by atoms with Gasteiger partial charge in [0.25, 0.3) is 5.91 Å². The van der Waals surface area contributed by atoms with Gasteiger partial charge in [0.2, 0.25) is 0 Å². The number of halogens is 2. The summed E-state index contributed by atoms with van der Waals surface area (Å²) in [5, 5.41) is 3.79. The van der Waals surface area contributed by atoms with E-state index in [1.54, 1.807) is 12.1 Å². The van der Waals surface area contributed by atoms with Crippen LogP contribution in [0.3, 0.4) is 0 Å². The number of carbonyl (C=O) groups excluding carboxylic acids is 1. The van der Waals surface area contributed by atoms with Crippen LogP contribution in [0.25, 0.3) is 0 Å². The molecule has 0 spiro atoms. The Morgan fingerprint density at radius 3 is 2.54 bits per heavy atom. The Bertz CT molecular complexity index is 1200. The lowest BCUT2D eigenvalue weighted by molar-refractivity contribution is 0.0491. The summed E-state index contributed by atoms with van der Waals surface area (Å²) in [6, 6.07) is 3.98. The smallest absolute Gasteiger partial charge is 0.257 e. The van der Waals surface area contributed by atoms with Crippen LogP contribution in [0.4, 0.5) is 17.5 Å². The number of piperidine rings is 1. The van der Waals surface area contributed by atoms with Gasteiger partial charge in [-0.3, -0.25) is 14.7 Å². The molecule has 0 unspecified atom stereocenters. The Balaban J connectivity index is 1.22. The number of nitrogens with one attached hydrogen (secondary N) is 1. The molecular weight excluding hydrogens is 515 g/mol. The van der Waals surface area contributed by atoms with Crippen molar-refractivity contribution in [3.8, 4) is 0 Å². The maximum atomic E-state index is 13.0. The van der Waals surface area contributed by atoms with Crippen molar-refractivity contribution in [2.24, 2.45) is 4.99 Å². The lowest BCUT2D eigenvalue weighted by Gasteiger charge is -2.47. The summed E-state index contributed by atoms with van der Waals surface area (Å²) in [6.07, 6.45) is 2.79. The van der Waals surface area contributed by atoms with Gasteiger partial charge in [-0.2, -0.15) is 0 Å². The molecule has 11 nitrogen and oxygen atoms in total. The van der Waals surface area contributed by atoms with Gasteiger partial charge in [0.15, 0.2) is 22.6 Å². The molecule has 2 fully saturated rings. The Morgan fingerprint density at radius 1 is 1.08 bits per heavy atom. The number of carbonyl (C=O) groups is 1. The van der Waals surface area contributed by atoms with Gasteiger partial charge in [0, 0.05) is 51.4 Å². The van der Waals surface area contributed by atoms with Crippen molar-refractivity contribution in [2.75, 3.05) is 62.2 Å². The number of nitrogens with zero attached hydrogens (tertiary/aromatic N) is 7. The highest BCUT2D eigenvalue weighted by Gasteiger charge is 2.35. The monoisotopic (exact) mass is 546 g/mol. The molecule has 5 rings (SSSR count). The number of aliphatic imine (C=N–C) groups is 1. The lowest BCUT2D eigenvalue weighted by Crippen LogP contribution is -2.58. The summed E-state index contributed by atoms with van der Waals surface area (Å²) in [4.78, 5) is 37.2. The summed E-state index contributed by atoms with van der Waals surface area (Å²) in [5.41, 5.74) is 13.1. The number of likely N-dealkylation sites (tertiary alicyclic amines) is 1. The standard InChI is InChI=1S/C24H32Cl2N10O/c1-2-14-13-35(23-19(26)32-18(21(28)33-23)22-29-7-8-30-22)11-12-36(14)15-5-9-34(10-6-15)24(37)16-3-4-17(25)31-20(16)27/h3-4,14-15H,2,5-13H2,1H3,(H2,27,31)(H2,28,33)(H,29,30)/t14-/m0/s1. The first-order chi connectivity index (χ1) is 17.9. The second-order valence-electron chi connectivity index (χ2n) is 9.57. The van der Waals surface area contributed by atoms with Crippen molar-refractivity contribution < 1.29 is 4.79 Å². The van der Waals surface area contributed by atoms with Crippen molar-refractivity contribution in [2.45, 2.75) is 38.3 Å². The molecule has 1 amide bonds. The van der Waals surface area contributed by atoms with E-state index in [0.717, 1.165) is 45.4 Å². The Labute approximate surface area is 226 Å². The molecule has 0 bridgehead atoms. The number of nitrogens with two attached hydrogens (primary N) is 2. The van der Waals surface area contributed by atoms with E-state index in [1.165, 1.54) is 0 Å². The maximum Gasteiger partial charge on any atom is 0.257 e. The third kappa shape index (κ3) is 5.25. The van der Waals surface area contributed by atoms with E-state index in [-0.39, 0.29) is 16.9 Å². The van der Waals surface area contributed by atoms with Gasteiger partial charge in [0.1, 0.15) is 16.7 Å². The molecule has 3 aliphatic rings. The first-order valence-corrected chi connectivity index (χ1v) is 13.4. The zero-order chi connectivity index (χ0) is 26.1. The SMILES string of the molecule is CC[C@H]1CN(c2nc(N)c(C3=NCCN3)nc2Cl)CCN1C1CCN(C(=O)c2ccc(Cl)nc2N)CC1. The summed E-state index contributed by atoms with van der Waals surface area (Å²) in [7, 11) is 0. The molecule has 0 radical (unpaired) electrons. The van der Waals surface area contributed by atoms with Crippen LogP contribution in [0.1, 0.15) is 42.2 Å². The molecule has 2 aromatic rings. The van der Waals surface area contributed by atoms with E-state index in [0.29, 0.717) is 65.6 Å². The highest BCUT2D eigenvalue weighted by molar-refractivity contribution is 6.32. The van der Waals surface area contributed by atoms with Crippen LogP contribution in [0.2, 0.25) is 10.3 Å². The van der Waals surface area contributed by atoms with Gasteiger partial charge >= 0.3 is 0 Å². The van der Waals surface area contributed by atoms with Gasteiger partial charge < -0.3 is 26.6 Å². The number of rotatable bonds is 5. The van der Waals surface area contributed by atoms with E-state index in [2.05, 4.69) is 42.0 Å². The number of amides is 1. The summed E-state index contributed by atoms with van der Waals surface area (Å²) >= 11 is 12.5. The van der Waals surface area contributed by atoms with Gasteiger partial charge in [-0.05, 0) is 31.4 Å². The molecule has 2 aromatic heterocycles. The number of hydrogen-bond donors (Lipinski definition) is 3. The van der Waals surface area contributed by atoms with Gasteiger partial charge in [-0.25, -0.2) is 15.0 Å². The maximum absolute atomic E-state index is 13.0. The van der Waals surface area contributed by atoms with Crippen LogP contribution in [-0.4, -0.2) is 94.4 Å². The fourth-order valence-corrected chi connectivity index (χ4v) is 5.86. The molecule has 5 heterocycles. The second-order valence-corrected chi connectivity index (χ2v) is 10.3. The molecule has 0 saturated carbocycles. The van der Waals surface area contributed by atoms with E-state index < -0.39 is 0 Å². The Morgan fingerprint density at radius 2 is 1.86 bits per heavy atom. The van der Waals surface area contributed by atoms with E-state index >= 15 is 0 Å². The summed E-state index contributed by atoms with van der Waals surface area (Å²) in [5.74, 6) is 1.68. The first kappa shape index (κ1) is 25.7. The van der Waals surface area contributed by atoms with Crippen LogP contribution in [-0.2, 0) is 0 Å². The van der Waals surface area contributed by atoms with Crippen molar-refractivity contribution in [1.82, 2.24) is 30.1 Å². The second kappa shape index (κ2) is 10.8. The molecule has 198 valence electrons. The highest BCUT2D eigenvalue weighted by atomic mass is 35.5. The van der Waals surface area contributed by atoms with Gasteiger partial charge in [-0.15, -0.1) is 0 Å². The van der Waals surface area contributed by atoms with Crippen molar-refractivity contribution >= 4 is 52.4 Å². The first-order valence-electron chi connectivity index (χ1n) is 12.7. The van der Waals surface area contributed by atoms with Crippen LogP contribution in [0.15, 0.2) is 17.1 Å². The molecule has 1 atom stereocenters. The van der Waals surface area contributed by atoms with Gasteiger partial charge in [0.05, 0.1) is 12.1 Å². The van der Waals surface area contributed by atoms with Crippen LogP contribution in [0.5, 0.6) is 0 Å². The third-order valence-electron chi connectivity index (χ3n) is 7.40. The average Bonchev–Trinajstić information content (AvgIpc) is 3.44. The van der Waals surface area contributed by atoms with Crippen molar-refractivity contribution in [1.29, 1.82) is 0 Å². The average molecular weight is 547 g/mol. The van der Waals surface area contributed by atoms with Crippen LogP contribution >= 0.6 is 23.2 Å².